The van der Waals surface area contributed by atoms with Crippen molar-refractivity contribution >= 4 is 0 Å². The summed E-state index contributed by atoms with van der Waals surface area (Å²) in [6.45, 7) is 5.86. The van der Waals surface area contributed by atoms with E-state index in [9.17, 15) is 0 Å². The largest absolute Gasteiger partial charge is 0.488 e. The molecule has 124 valence electrons. The topological polar surface area (TPSA) is 48.3 Å². The van der Waals surface area contributed by atoms with Crippen molar-refractivity contribution in [2.75, 3.05) is 13.7 Å². The van der Waals surface area contributed by atoms with Crippen molar-refractivity contribution in [2.24, 2.45) is 7.05 Å². The number of benzene rings is 1. The Morgan fingerprint density at radius 1 is 1.39 bits per heavy atom. The Bertz CT molecular complexity index is 654. The van der Waals surface area contributed by atoms with Crippen molar-refractivity contribution in [1.29, 1.82) is 0 Å². The van der Waals surface area contributed by atoms with Crippen molar-refractivity contribution < 1.29 is 9.47 Å². The maximum atomic E-state index is 5.97. The lowest BCUT2D eigenvalue weighted by Crippen LogP contribution is -2.30. The Kier molecular flexibility index (Phi) is 4.57. The summed E-state index contributed by atoms with van der Waals surface area (Å²) in [7, 11) is 3.62. The molecule has 1 atom stereocenters. The number of hydrogen-bond acceptors (Lipinski definition) is 4. The molecule has 1 aliphatic heterocycles. The first-order chi connectivity index (χ1) is 11.1. The van der Waals surface area contributed by atoms with E-state index in [0.717, 1.165) is 42.4 Å². The number of hydrogen-bond donors (Lipinski definition) is 1. The van der Waals surface area contributed by atoms with Gasteiger partial charge in [-0.1, -0.05) is 32.0 Å². The summed E-state index contributed by atoms with van der Waals surface area (Å²) in [5, 5.41) is 8.09. The van der Waals surface area contributed by atoms with Gasteiger partial charge < -0.3 is 14.8 Å². The predicted molar refractivity (Wildman–Crippen MR) is 90.1 cm³/mol. The van der Waals surface area contributed by atoms with Crippen LogP contribution in [0.2, 0.25) is 0 Å². The van der Waals surface area contributed by atoms with E-state index >= 15 is 0 Å². The normalized spacial score (nSPS) is 16.5. The van der Waals surface area contributed by atoms with Crippen molar-refractivity contribution in [3.63, 3.8) is 0 Å². The van der Waals surface area contributed by atoms with Gasteiger partial charge in [0.15, 0.2) is 0 Å². The summed E-state index contributed by atoms with van der Waals surface area (Å²) in [6, 6.07) is 8.25. The van der Waals surface area contributed by atoms with Crippen LogP contribution < -0.4 is 14.8 Å². The van der Waals surface area contributed by atoms with Crippen LogP contribution in [0.1, 0.15) is 36.6 Å². The number of ether oxygens (including phenoxy) is 2. The molecule has 1 aromatic heterocycles. The SMILES string of the molecule is COc1c(CNCC2Cc3ccccc3O2)c(C(C)C)nn1C. The number of nitrogens with one attached hydrogen (secondary N) is 1. The third-order valence-electron chi connectivity index (χ3n) is 4.25. The third-order valence-corrected chi connectivity index (χ3v) is 4.25. The van der Waals surface area contributed by atoms with Gasteiger partial charge in [0.2, 0.25) is 5.88 Å². The van der Waals surface area contributed by atoms with Gasteiger partial charge in [-0.25, -0.2) is 4.68 Å². The Hall–Kier alpha value is -2.01. The average Bonchev–Trinajstić information content (AvgIpc) is 3.07. The molecule has 0 amide bonds. The van der Waals surface area contributed by atoms with E-state index in [1.807, 2.05) is 23.9 Å². The fourth-order valence-electron chi connectivity index (χ4n) is 3.18. The molecule has 5 nitrogen and oxygen atoms in total. The number of aryl methyl sites for hydroxylation is 1. The molecule has 0 spiro atoms. The molecule has 0 saturated carbocycles. The first-order valence-electron chi connectivity index (χ1n) is 8.15. The monoisotopic (exact) mass is 315 g/mol. The van der Waals surface area contributed by atoms with Crippen LogP contribution in [-0.2, 0) is 20.0 Å². The van der Waals surface area contributed by atoms with Gasteiger partial charge in [-0.3, -0.25) is 0 Å². The van der Waals surface area contributed by atoms with E-state index in [0.29, 0.717) is 5.92 Å². The zero-order chi connectivity index (χ0) is 16.4. The second-order valence-electron chi connectivity index (χ2n) is 6.33. The molecule has 1 aromatic carbocycles. The van der Waals surface area contributed by atoms with Crippen molar-refractivity contribution in [3.8, 4) is 11.6 Å². The van der Waals surface area contributed by atoms with Crippen molar-refractivity contribution in [2.45, 2.75) is 38.8 Å². The first kappa shape index (κ1) is 15.9. The highest BCUT2D eigenvalue weighted by Crippen LogP contribution is 2.29. The molecule has 0 radical (unpaired) electrons. The molecule has 2 aromatic rings. The van der Waals surface area contributed by atoms with Gasteiger partial charge in [0.1, 0.15) is 11.9 Å². The molecule has 3 rings (SSSR count). The van der Waals surface area contributed by atoms with E-state index in [1.165, 1.54) is 5.56 Å². The molecule has 0 aliphatic carbocycles. The molecule has 1 aliphatic rings. The van der Waals surface area contributed by atoms with E-state index in [-0.39, 0.29) is 6.10 Å². The van der Waals surface area contributed by atoms with Crippen LogP contribution in [0.15, 0.2) is 24.3 Å². The lowest BCUT2D eigenvalue weighted by atomic mass is 10.1. The highest BCUT2D eigenvalue weighted by atomic mass is 16.5. The van der Waals surface area contributed by atoms with Crippen LogP contribution in [0.25, 0.3) is 0 Å². The van der Waals surface area contributed by atoms with Crippen LogP contribution in [0.4, 0.5) is 0 Å². The molecule has 1 N–H and O–H groups in total. The summed E-state index contributed by atoms with van der Waals surface area (Å²) in [6.07, 6.45) is 1.15. The standard InChI is InChI=1S/C18H25N3O2/c1-12(2)17-15(18(22-4)21(3)20-17)11-19-10-14-9-13-7-5-6-8-16(13)23-14/h5-8,12,14,19H,9-11H2,1-4H3. The fourth-order valence-corrected chi connectivity index (χ4v) is 3.18. The van der Waals surface area contributed by atoms with Gasteiger partial charge in [-0.2, -0.15) is 5.10 Å². The zero-order valence-corrected chi connectivity index (χ0v) is 14.3. The fraction of sp³-hybridized carbons (Fsp3) is 0.500. The Morgan fingerprint density at radius 2 is 2.17 bits per heavy atom. The molecule has 0 fully saturated rings. The summed E-state index contributed by atoms with van der Waals surface area (Å²) >= 11 is 0. The van der Waals surface area contributed by atoms with E-state index in [1.54, 1.807) is 7.11 Å². The Balaban J connectivity index is 1.62. The minimum absolute atomic E-state index is 0.192. The molecule has 1 unspecified atom stereocenters. The Morgan fingerprint density at radius 3 is 2.87 bits per heavy atom. The maximum Gasteiger partial charge on any atom is 0.216 e. The second kappa shape index (κ2) is 6.62. The third kappa shape index (κ3) is 3.20. The van der Waals surface area contributed by atoms with E-state index in [2.05, 4.69) is 36.4 Å². The molecular formula is C18H25N3O2. The van der Waals surface area contributed by atoms with Crippen LogP contribution in [0, 0.1) is 0 Å². The Labute approximate surface area is 137 Å². The first-order valence-corrected chi connectivity index (χ1v) is 8.15. The van der Waals surface area contributed by atoms with Gasteiger partial charge in [-0.05, 0) is 17.5 Å². The zero-order valence-electron chi connectivity index (χ0n) is 14.3. The van der Waals surface area contributed by atoms with Gasteiger partial charge in [0, 0.05) is 26.6 Å². The molecule has 2 heterocycles. The van der Waals surface area contributed by atoms with Crippen molar-refractivity contribution in [1.82, 2.24) is 15.1 Å². The van der Waals surface area contributed by atoms with Crippen LogP contribution in [0.3, 0.4) is 0 Å². The minimum atomic E-state index is 0.192. The van der Waals surface area contributed by atoms with Gasteiger partial charge in [0.05, 0.1) is 18.4 Å². The summed E-state index contributed by atoms with van der Waals surface area (Å²) < 4.78 is 13.3. The van der Waals surface area contributed by atoms with Gasteiger partial charge in [-0.15, -0.1) is 0 Å². The average molecular weight is 315 g/mol. The van der Waals surface area contributed by atoms with Crippen LogP contribution >= 0.6 is 0 Å². The van der Waals surface area contributed by atoms with Gasteiger partial charge >= 0.3 is 0 Å². The summed E-state index contributed by atoms with van der Waals surface area (Å²) in [4.78, 5) is 0. The molecular weight excluding hydrogens is 290 g/mol. The van der Waals surface area contributed by atoms with Crippen LogP contribution in [0.5, 0.6) is 11.6 Å². The highest BCUT2D eigenvalue weighted by Gasteiger charge is 2.23. The quantitative estimate of drug-likeness (QED) is 0.890. The number of para-hydroxylation sites is 1. The maximum absolute atomic E-state index is 5.97. The molecule has 0 saturated heterocycles. The number of aromatic nitrogens is 2. The van der Waals surface area contributed by atoms with Gasteiger partial charge in [0.25, 0.3) is 0 Å². The number of nitrogens with zero attached hydrogens (tertiary/aromatic N) is 2. The van der Waals surface area contributed by atoms with E-state index in [4.69, 9.17) is 9.47 Å². The highest BCUT2D eigenvalue weighted by molar-refractivity contribution is 5.37. The minimum Gasteiger partial charge on any atom is -0.488 e. The lowest BCUT2D eigenvalue weighted by molar-refractivity contribution is 0.227. The summed E-state index contributed by atoms with van der Waals surface area (Å²) in [5.41, 5.74) is 3.52. The van der Waals surface area contributed by atoms with Crippen LogP contribution in [-0.4, -0.2) is 29.5 Å². The molecule has 0 bridgehead atoms. The van der Waals surface area contributed by atoms with E-state index < -0.39 is 0 Å². The predicted octanol–water partition coefficient (Wildman–Crippen LogP) is 2.65. The smallest absolute Gasteiger partial charge is 0.216 e. The number of methoxy groups -OCH3 is 1. The molecule has 5 heteroatoms. The lowest BCUT2D eigenvalue weighted by Gasteiger charge is -2.13. The number of rotatable bonds is 6. The molecule has 23 heavy (non-hydrogen) atoms. The second-order valence-corrected chi connectivity index (χ2v) is 6.33. The summed E-state index contributed by atoms with van der Waals surface area (Å²) in [5.74, 6) is 2.21. The number of fused-ring (bicyclic) bond motifs is 1. The van der Waals surface area contributed by atoms with Crippen molar-refractivity contribution in [3.05, 3.63) is 41.1 Å².